The van der Waals surface area contributed by atoms with E-state index in [1.165, 1.54) is 36.4 Å². The highest BCUT2D eigenvalue weighted by molar-refractivity contribution is 7.89. The van der Waals surface area contributed by atoms with E-state index in [1.807, 2.05) is 0 Å². The molecule has 1 fully saturated rings. The molecule has 0 N–H and O–H groups in total. The lowest BCUT2D eigenvalue weighted by Crippen LogP contribution is -2.29. The minimum absolute atomic E-state index is 0.0223. The van der Waals surface area contributed by atoms with E-state index in [2.05, 4.69) is 4.74 Å². The molecule has 1 aliphatic heterocycles. The van der Waals surface area contributed by atoms with Gasteiger partial charge in [-0.1, -0.05) is 0 Å². The van der Waals surface area contributed by atoms with Crippen molar-refractivity contribution in [1.29, 1.82) is 0 Å². The Hall–Kier alpha value is -1.87. The molecule has 0 spiro atoms. The Morgan fingerprint density at radius 2 is 1.96 bits per heavy atom. The maximum Gasteiger partial charge on any atom is 0.307 e. The topological polar surface area (TPSA) is 97.1 Å². The standard InChI is InChI=1S/C15H22N2O6S/c1-11-13(24(20,21)17-7-4-5-8-17)10-12(23-11)15(19)16(2)9-6-14(18)22-3/h10H,4-9H2,1-3H3. The summed E-state index contributed by atoms with van der Waals surface area (Å²) < 4.78 is 36.5. The van der Waals surface area contributed by atoms with Gasteiger partial charge in [0, 0.05) is 32.7 Å². The number of carbonyl (C=O) groups is 2. The number of rotatable bonds is 6. The van der Waals surface area contributed by atoms with Crippen molar-refractivity contribution in [1.82, 2.24) is 9.21 Å². The molecule has 0 bridgehead atoms. The average molecular weight is 358 g/mol. The van der Waals surface area contributed by atoms with Gasteiger partial charge < -0.3 is 14.1 Å². The van der Waals surface area contributed by atoms with E-state index >= 15 is 0 Å². The van der Waals surface area contributed by atoms with Gasteiger partial charge in [-0.25, -0.2) is 8.42 Å². The lowest BCUT2D eigenvalue weighted by molar-refractivity contribution is -0.140. The molecule has 0 atom stereocenters. The Morgan fingerprint density at radius 3 is 2.54 bits per heavy atom. The van der Waals surface area contributed by atoms with Crippen LogP contribution in [0.1, 0.15) is 35.6 Å². The summed E-state index contributed by atoms with van der Waals surface area (Å²) in [4.78, 5) is 24.8. The fraction of sp³-hybridized carbons (Fsp3) is 0.600. The van der Waals surface area contributed by atoms with Crippen LogP contribution in [0.4, 0.5) is 0 Å². The number of furan rings is 1. The summed E-state index contributed by atoms with van der Waals surface area (Å²) in [6.45, 7) is 2.64. The molecule has 24 heavy (non-hydrogen) atoms. The highest BCUT2D eigenvalue weighted by atomic mass is 32.2. The van der Waals surface area contributed by atoms with Crippen LogP contribution in [0.5, 0.6) is 0 Å². The van der Waals surface area contributed by atoms with Crippen molar-refractivity contribution >= 4 is 21.9 Å². The maximum atomic E-state index is 12.6. The highest BCUT2D eigenvalue weighted by Gasteiger charge is 2.32. The van der Waals surface area contributed by atoms with Crippen LogP contribution in [0.15, 0.2) is 15.4 Å². The van der Waals surface area contributed by atoms with Gasteiger partial charge in [0.25, 0.3) is 5.91 Å². The molecule has 134 valence electrons. The first-order valence-electron chi connectivity index (χ1n) is 7.70. The van der Waals surface area contributed by atoms with Gasteiger partial charge >= 0.3 is 5.97 Å². The number of hydrogen-bond acceptors (Lipinski definition) is 6. The Morgan fingerprint density at radius 1 is 1.33 bits per heavy atom. The van der Waals surface area contributed by atoms with Gasteiger partial charge in [0.2, 0.25) is 10.0 Å². The second-order valence-electron chi connectivity index (χ2n) is 5.70. The smallest absolute Gasteiger partial charge is 0.307 e. The van der Waals surface area contributed by atoms with E-state index in [4.69, 9.17) is 4.42 Å². The number of ether oxygens (including phenoxy) is 1. The molecule has 1 amide bonds. The zero-order valence-electron chi connectivity index (χ0n) is 14.1. The monoisotopic (exact) mass is 358 g/mol. The molecule has 0 radical (unpaired) electrons. The van der Waals surface area contributed by atoms with Crippen LogP contribution in [0.3, 0.4) is 0 Å². The summed E-state index contributed by atoms with van der Waals surface area (Å²) in [5.41, 5.74) is 0. The summed E-state index contributed by atoms with van der Waals surface area (Å²) >= 11 is 0. The highest BCUT2D eigenvalue weighted by Crippen LogP contribution is 2.26. The number of amides is 1. The molecule has 2 rings (SSSR count). The zero-order chi connectivity index (χ0) is 17.9. The normalized spacial score (nSPS) is 15.5. The van der Waals surface area contributed by atoms with Crippen LogP contribution in [0.2, 0.25) is 0 Å². The number of esters is 1. The molecule has 8 nitrogen and oxygen atoms in total. The molecule has 0 saturated carbocycles. The van der Waals surface area contributed by atoms with Crippen molar-refractivity contribution in [2.24, 2.45) is 0 Å². The van der Waals surface area contributed by atoms with Gasteiger partial charge in [0.05, 0.1) is 13.5 Å². The number of nitrogens with zero attached hydrogens (tertiary/aromatic N) is 2. The van der Waals surface area contributed by atoms with Crippen molar-refractivity contribution in [2.45, 2.75) is 31.1 Å². The SMILES string of the molecule is COC(=O)CCN(C)C(=O)c1cc(S(=O)(=O)N2CCCC2)c(C)o1. The Balaban J connectivity index is 2.15. The number of carbonyl (C=O) groups excluding carboxylic acids is 2. The molecule has 1 aromatic heterocycles. The third-order valence-corrected chi connectivity index (χ3v) is 6.00. The van der Waals surface area contributed by atoms with Crippen molar-refractivity contribution in [3.63, 3.8) is 0 Å². The summed E-state index contributed by atoms with van der Waals surface area (Å²) in [6, 6.07) is 1.26. The quantitative estimate of drug-likeness (QED) is 0.704. The van der Waals surface area contributed by atoms with Crippen molar-refractivity contribution < 1.29 is 27.2 Å². The number of sulfonamides is 1. The predicted molar refractivity (Wildman–Crippen MR) is 85.0 cm³/mol. The minimum Gasteiger partial charge on any atom is -0.469 e. The van der Waals surface area contributed by atoms with Crippen LogP contribution in [0.25, 0.3) is 0 Å². The van der Waals surface area contributed by atoms with Crippen molar-refractivity contribution in [2.75, 3.05) is 33.8 Å². The summed E-state index contributed by atoms with van der Waals surface area (Å²) in [5.74, 6) is -0.781. The van der Waals surface area contributed by atoms with E-state index in [-0.39, 0.29) is 29.4 Å². The van der Waals surface area contributed by atoms with Crippen LogP contribution < -0.4 is 0 Å². The van der Waals surface area contributed by atoms with E-state index in [9.17, 15) is 18.0 Å². The third-order valence-electron chi connectivity index (χ3n) is 3.99. The number of aryl methyl sites for hydroxylation is 1. The van der Waals surface area contributed by atoms with Crippen LogP contribution in [-0.2, 0) is 19.6 Å². The first-order chi connectivity index (χ1) is 11.3. The van der Waals surface area contributed by atoms with Gasteiger partial charge in [-0.05, 0) is 19.8 Å². The largest absolute Gasteiger partial charge is 0.469 e. The van der Waals surface area contributed by atoms with Gasteiger partial charge in [0.1, 0.15) is 10.7 Å². The van der Waals surface area contributed by atoms with Crippen LogP contribution in [-0.4, -0.2) is 63.3 Å². The molecule has 1 aromatic rings. The molecule has 1 aliphatic rings. The zero-order valence-corrected chi connectivity index (χ0v) is 14.9. The van der Waals surface area contributed by atoms with E-state index in [1.54, 1.807) is 0 Å². The fourth-order valence-corrected chi connectivity index (χ4v) is 4.22. The van der Waals surface area contributed by atoms with Gasteiger partial charge in [-0.2, -0.15) is 4.31 Å². The Bertz CT molecular complexity index is 718. The summed E-state index contributed by atoms with van der Waals surface area (Å²) in [6.07, 6.45) is 1.72. The van der Waals surface area contributed by atoms with Gasteiger partial charge in [-0.15, -0.1) is 0 Å². The molecule has 0 aliphatic carbocycles. The second kappa shape index (κ2) is 7.35. The predicted octanol–water partition coefficient (Wildman–Crippen LogP) is 1.01. The van der Waals surface area contributed by atoms with Gasteiger partial charge in [0.15, 0.2) is 5.76 Å². The molecule has 0 unspecified atom stereocenters. The number of hydrogen-bond donors (Lipinski definition) is 0. The molecule has 9 heteroatoms. The molecular formula is C15H22N2O6S. The number of methoxy groups -OCH3 is 1. The minimum atomic E-state index is -3.64. The fourth-order valence-electron chi connectivity index (χ4n) is 2.55. The molecule has 2 heterocycles. The first-order valence-corrected chi connectivity index (χ1v) is 9.14. The molecular weight excluding hydrogens is 336 g/mol. The Kier molecular flexibility index (Phi) is 5.66. The van der Waals surface area contributed by atoms with E-state index in [0.717, 1.165) is 12.8 Å². The third kappa shape index (κ3) is 3.78. The lowest BCUT2D eigenvalue weighted by Gasteiger charge is -2.14. The molecule has 0 aromatic carbocycles. The average Bonchev–Trinajstić information content (AvgIpc) is 3.21. The van der Waals surface area contributed by atoms with E-state index in [0.29, 0.717) is 13.1 Å². The summed E-state index contributed by atoms with van der Waals surface area (Å²) in [5, 5.41) is 0. The molecule has 1 saturated heterocycles. The maximum absolute atomic E-state index is 12.6. The van der Waals surface area contributed by atoms with Gasteiger partial charge in [-0.3, -0.25) is 9.59 Å². The van der Waals surface area contributed by atoms with Crippen molar-refractivity contribution in [3.8, 4) is 0 Å². The van der Waals surface area contributed by atoms with Crippen molar-refractivity contribution in [3.05, 3.63) is 17.6 Å². The summed E-state index contributed by atoms with van der Waals surface area (Å²) in [7, 11) is -0.858. The Labute approximate surface area is 141 Å². The second-order valence-corrected chi connectivity index (χ2v) is 7.60. The van der Waals surface area contributed by atoms with Crippen LogP contribution in [0, 0.1) is 6.92 Å². The lowest BCUT2D eigenvalue weighted by atomic mass is 10.3. The van der Waals surface area contributed by atoms with E-state index < -0.39 is 21.9 Å². The van der Waals surface area contributed by atoms with Crippen LogP contribution >= 0.6 is 0 Å². The first kappa shape index (κ1) is 18.5.